The molecule has 1 saturated heterocycles. The van der Waals surface area contributed by atoms with Gasteiger partial charge in [-0.25, -0.2) is 9.97 Å². The predicted octanol–water partition coefficient (Wildman–Crippen LogP) is 1.42. The van der Waals surface area contributed by atoms with E-state index >= 15 is 0 Å². The summed E-state index contributed by atoms with van der Waals surface area (Å²) in [5.41, 5.74) is 0.346. The minimum Gasteiger partial charge on any atom is -0.481 e. The fourth-order valence-electron chi connectivity index (χ4n) is 2.89. The van der Waals surface area contributed by atoms with Crippen LogP contribution in [0.1, 0.15) is 25.5 Å². The highest BCUT2D eigenvalue weighted by atomic mass is 16.4. The predicted molar refractivity (Wildman–Crippen MR) is 73.2 cm³/mol. The quantitative estimate of drug-likeness (QED) is 0.913. The van der Waals surface area contributed by atoms with Crippen molar-refractivity contribution in [2.75, 3.05) is 13.1 Å². The van der Waals surface area contributed by atoms with Crippen molar-refractivity contribution in [2.24, 2.45) is 5.41 Å². The van der Waals surface area contributed by atoms with Gasteiger partial charge in [0.15, 0.2) is 0 Å². The molecule has 0 aromatic carbocycles. The van der Waals surface area contributed by atoms with Crippen molar-refractivity contribution < 1.29 is 9.90 Å². The molecule has 1 fully saturated rings. The second kappa shape index (κ2) is 4.86. The lowest BCUT2D eigenvalue weighted by Crippen LogP contribution is -2.33. The van der Waals surface area contributed by atoms with Crippen molar-refractivity contribution in [2.45, 2.75) is 26.3 Å². The van der Waals surface area contributed by atoms with E-state index in [-0.39, 0.29) is 0 Å². The number of hydrogen-bond acceptors (Lipinski definition) is 4. The van der Waals surface area contributed by atoms with Gasteiger partial charge in [0.1, 0.15) is 0 Å². The second-order valence-corrected chi connectivity index (χ2v) is 5.46. The molecule has 1 unspecified atom stereocenters. The van der Waals surface area contributed by atoms with Crippen molar-refractivity contribution in [3.8, 4) is 0 Å². The molecule has 6 heteroatoms. The molecule has 1 atom stereocenters. The summed E-state index contributed by atoms with van der Waals surface area (Å²) in [7, 11) is 0. The number of fused-ring (bicyclic) bond motifs is 1. The van der Waals surface area contributed by atoms with Crippen LogP contribution in [0.15, 0.2) is 24.7 Å². The van der Waals surface area contributed by atoms with Crippen molar-refractivity contribution in [1.82, 2.24) is 19.3 Å². The lowest BCUT2D eigenvalue weighted by molar-refractivity contribution is -0.148. The van der Waals surface area contributed by atoms with Gasteiger partial charge in [-0.3, -0.25) is 14.1 Å². The molecule has 0 aliphatic carbocycles. The summed E-state index contributed by atoms with van der Waals surface area (Å²) in [6.07, 6.45) is 6.97. The Balaban J connectivity index is 1.74. The lowest BCUT2D eigenvalue weighted by Gasteiger charge is -2.22. The number of aliphatic carboxylic acids is 1. The van der Waals surface area contributed by atoms with Gasteiger partial charge >= 0.3 is 5.97 Å². The molecule has 2 aromatic heterocycles. The number of aromatic nitrogens is 3. The Labute approximate surface area is 117 Å². The van der Waals surface area contributed by atoms with Gasteiger partial charge in [0, 0.05) is 31.7 Å². The number of carbonyl (C=O) groups is 1. The number of imidazole rings is 1. The molecule has 1 N–H and O–H groups in total. The van der Waals surface area contributed by atoms with E-state index < -0.39 is 11.4 Å². The van der Waals surface area contributed by atoms with E-state index in [1.165, 1.54) is 0 Å². The van der Waals surface area contributed by atoms with E-state index in [4.69, 9.17) is 0 Å². The maximum absolute atomic E-state index is 11.4. The number of carboxylic acids is 1. The van der Waals surface area contributed by atoms with Crippen LogP contribution in [-0.4, -0.2) is 43.4 Å². The number of hydrogen-bond donors (Lipinski definition) is 1. The summed E-state index contributed by atoms with van der Waals surface area (Å²) in [4.78, 5) is 22.2. The van der Waals surface area contributed by atoms with Gasteiger partial charge in [-0.15, -0.1) is 0 Å². The zero-order valence-electron chi connectivity index (χ0n) is 11.5. The van der Waals surface area contributed by atoms with E-state index in [0.29, 0.717) is 31.7 Å². The number of likely N-dealkylation sites (tertiary alicyclic amines) is 1. The standard InChI is InChI=1S/C14H18N4O2/c1-2-14(12(19)20)4-7-17(10-14)8-11-9-18-6-3-5-15-13(18)16-11/h3,5-6,9H,2,4,7-8,10H2,1H3,(H,19,20). The van der Waals surface area contributed by atoms with Crippen LogP contribution >= 0.6 is 0 Å². The number of carboxylic acid groups (broad SMARTS) is 1. The zero-order chi connectivity index (χ0) is 14.2. The van der Waals surface area contributed by atoms with Crippen LogP contribution in [0.4, 0.5) is 0 Å². The normalized spacial score (nSPS) is 23.4. The molecule has 0 bridgehead atoms. The monoisotopic (exact) mass is 274 g/mol. The summed E-state index contributed by atoms with van der Waals surface area (Å²) in [5.74, 6) is 0.000791. The molecule has 3 rings (SSSR count). The molecule has 0 saturated carbocycles. The first-order valence-electron chi connectivity index (χ1n) is 6.87. The van der Waals surface area contributed by atoms with Crippen LogP contribution in [0.5, 0.6) is 0 Å². The second-order valence-electron chi connectivity index (χ2n) is 5.46. The Kier molecular flexibility index (Phi) is 3.17. The number of nitrogens with zero attached hydrogens (tertiary/aromatic N) is 4. The Morgan fingerprint density at radius 2 is 2.40 bits per heavy atom. The van der Waals surface area contributed by atoms with Gasteiger partial charge in [-0.1, -0.05) is 6.92 Å². The molecule has 0 radical (unpaired) electrons. The maximum Gasteiger partial charge on any atom is 0.310 e. The van der Waals surface area contributed by atoms with E-state index in [1.807, 2.05) is 29.8 Å². The van der Waals surface area contributed by atoms with Crippen LogP contribution in [0.2, 0.25) is 0 Å². The Bertz CT molecular complexity index is 606. The topological polar surface area (TPSA) is 70.7 Å². The molecule has 1 aliphatic heterocycles. The van der Waals surface area contributed by atoms with Gasteiger partial charge in [0.05, 0.1) is 11.1 Å². The highest BCUT2D eigenvalue weighted by Crippen LogP contribution is 2.34. The Hall–Kier alpha value is -1.95. The average molecular weight is 274 g/mol. The highest BCUT2D eigenvalue weighted by molar-refractivity contribution is 5.75. The summed E-state index contributed by atoms with van der Waals surface area (Å²) in [5, 5.41) is 9.41. The molecule has 6 nitrogen and oxygen atoms in total. The maximum atomic E-state index is 11.4. The largest absolute Gasteiger partial charge is 0.481 e. The molecule has 3 heterocycles. The van der Waals surface area contributed by atoms with E-state index in [2.05, 4.69) is 14.9 Å². The molecular weight excluding hydrogens is 256 g/mol. The minimum absolute atomic E-state index is 0.586. The fraction of sp³-hybridized carbons (Fsp3) is 0.500. The first-order chi connectivity index (χ1) is 9.63. The SMILES string of the molecule is CCC1(C(=O)O)CCN(Cc2cn3cccnc3n2)C1. The van der Waals surface area contributed by atoms with E-state index in [9.17, 15) is 9.90 Å². The van der Waals surface area contributed by atoms with Crippen molar-refractivity contribution >= 4 is 11.7 Å². The smallest absolute Gasteiger partial charge is 0.310 e. The molecule has 20 heavy (non-hydrogen) atoms. The van der Waals surface area contributed by atoms with Crippen LogP contribution in [0.25, 0.3) is 5.78 Å². The molecule has 106 valence electrons. The van der Waals surface area contributed by atoms with Gasteiger partial charge in [0.25, 0.3) is 0 Å². The van der Waals surface area contributed by atoms with Gasteiger partial charge in [-0.05, 0) is 25.5 Å². The van der Waals surface area contributed by atoms with Crippen molar-refractivity contribution in [3.05, 3.63) is 30.4 Å². The van der Waals surface area contributed by atoms with E-state index in [1.54, 1.807) is 6.20 Å². The molecule has 1 aliphatic rings. The first-order valence-corrected chi connectivity index (χ1v) is 6.87. The van der Waals surface area contributed by atoms with Crippen molar-refractivity contribution in [1.29, 1.82) is 0 Å². The highest BCUT2D eigenvalue weighted by Gasteiger charge is 2.43. The summed E-state index contributed by atoms with van der Waals surface area (Å²) < 4.78 is 1.88. The van der Waals surface area contributed by atoms with Crippen LogP contribution in [0.3, 0.4) is 0 Å². The summed E-state index contributed by atoms with van der Waals surface area (Å²) in [6.45, 7) is 4.03. The minimum atomic E-state index is -0.681. The summed E-state index contributed by atoms with van der Waals surface area (Å²) >= 11 is 0. The van der Waals surface area contributed by atoms with Gasteiger partial charge in [0.2, 0.25) is 5.78 Å². The van der Waals surface area contributed by atoms with Gasteiger partial charge < -0.3 is 5.11 Å². The molecule has 0 spiro atoms. The van der Waals surface area contributed by atoms with Gasteiger partial charge in [-0.2, -0.15) is 0 Å². The van der Waals surface area contributed by atoms with Crippen LogP contribution in [0, 0.1) is 5.41 Å². The van der Waals surface area contributed by atoms with Crippen LogP contribution < -0.4 is 0 Å². The zero-order valence-corrected chi connectivity index (χ0v) is 11.5. The van der Waals surface area contributed by atoms with E-state index in [0.717, 1.165) is 12.2 Å². The molecule has 0 amide bonds. The fourth-order valence-corrected chi connectivity index (χ4v) is 2.89. The lowest BCUT2D eigenvalue weighted by atomic mass is 9.84. The third kappa shape index (κ3) is 2.16. The first kappa shape index (κ1) is 13.1. The molecule has 2 aromatic rings. The third-order valence-corrected chi connectivity index (χ3v) is 4.23. The summed E-state index contributed by atoms with van der Waals surface area (Å²) in [6, 6.07) is 1.86. The van der Waals surface area contributed by atoms with Crippen molar-refractivity contribution in [3.63, 3.8) is 0 Å². The number of rotatable bonds is 4. The Morgan fingerprint density at radius 3 is 3.05 bits per heavy atom. The average Bonchev–Trinajstić information content (AvgIpc) is 3.03. The van der Waals surface area contributed by atoms with Crippen LogP contribution in [-0.2, 0) is 11.3 Å². The Morgan fingerprint density at radius 1 is 1.55 bits per heavy atom. The third-order valence-electron chi connectivity index (χ3n) is 4.23. The molecular formula is C14H18N4O2.